The Kier molecular flexibility index (Phi) is 5.94. The largest absolute Gasteiger partial charge is 0.370 e. The van der Waals surface area contributed by atoms with Crippen molar-refractivity contribution in [2.45, 2.75) is 20.3 Å². The highest BCUT2D eigenvalue weighted by Crippen LogP contribution is 2.34. The lowest BCUT2D eigenvalue weighted by Gasteiger charge is -2.22. The number of carbonyl (C=O) groups is 2. The van der Waals surface area contributed by atoms with Crippen LogP contribution < -0.4 is 15.1 Å². The van der Waals surface area contributed by atoms with E-state index < -0.39 is 0 Å². The van der Waals surface area contributed by atoms with Gasteiger partial charge < -0.3 is 14.5 Å². The molecule has 0 radical (unpaired) electrons. The first kappa shape index (κ1) is 20.0. The van der Waals surface area contributed by atoms with Gasteiger partial charge in [0.15, 0.2) is 11.7 Å². The predicted molar refractivity (Wildman–Crippen MR) is 113 cm³/mol. The first-order chi connectivity index (χ1) is 14.0. The van der Waals surface area contributed by atoms with Gasteiger partial charge in [-0.3, -0.25) is 14.9 Å². The molecule has 0 atom stereocenters. The van der Waals surface area contributed by atoms with Crippen molar-refractivity contribution in [3.8, 4) is 11.3 Å². The summed E-state index contributed by atoms with van der Waals surface area (Å²) in [6.45, 7) is 8.19. The minimum absolute atomic E-state index is 0.00960. The van der Waals surface area contributed by atoms with Crippen LogP contribution in [0.2, 0.25) is 0 Å². The molecule has 2 aromatic rings. The first-order valence-electron chi connectivity index (χ1n) is 10.1. The number of amides is 2. The zero-order valence-electron chi connectivity index (χ0n) is 16.9. The van der Waals surface area contributed by atoms with Crippen LogP contribution in [0.4, 0.5) is 10.8 Å². The molecule has 29 heavy (non-hydrogen) atoms. The van der Waals surface area contributed by atoms with Crippen LogP contribution in [0.3, 0.4) is 0 Å². The van der Waals surface area contributed by atoms with Crippen molar-refractivity contribution in [3.63, 3.8) is 0 Å². The smallest absolute Gasteiger partial charge is 0.281 e. The van der Waals surface area contributed by atoms with Crippen LogP contribution in [0.25, 0.3) is 11.3 Å². The van der Waals surface area contributed by atoms with E-state index >= 15 is 0 Å². The highest BCUT2D eigenvalue weighted by atomic mass is 32.1. The molecule has 0 bridgehead atoms. The normalized spacial score (nSPS) is 16.9. The third-order valence-corrected chi connectivity index (χ3v) is 6.15. The van der Waals surface area contributed by atoms with E-state index in [4.69, 9.17) is 4.74 Å². The lowest BCUT2D eigenvalue weighted by molar-refractivity contribution is -0.899. The van der Waals surface area contributed by atoms with E-state index in [0.717, 1.165) is 43.0 Å². The van der Waals surface area contributed by atoms with Gasteiger partial charge in [-0.15, -0.1) is 11.3 Å². The van der Waals surface area contributed by atoms with Crippen molar-refractivity contribution in [3.05, 3.63) is 29.1 Å². The second-order valence-electron chi connectivity index (χ2n) is 7.86. The topological polar surface area (TPSA) is 76.0 Å². The van der Waals surface area contributed by atoms with E-state index in [2.05, 4.69) is 16.4 Å². The Morgan fingerprint density at radius 1 is 1.31 bits per heavy atom. The third-order valence-electron chi connectivity index (χ3n) is 5.39. The lowest BCUT2D eigenvalue weighted by Crippen LogP contribution is -3.15. The number of hydrogen-bond donors (Lipinski definition) is 2. The lowest BCUT2D eigenvalue weighted by atomic mass is 10.1. The minimum atomic E-state index is -0.0143. The highest BCUT2D eigenvalue weighted by Gasteiger charge is 2.26. The molecule has 8 heteroatoms. The van der Waals surface area contributed by atoms with Gasteiger partial charge in [-0.25, -0.2) is 4.98 Å². The van der Waals surface area contributed by atoms with E-state index in [1.807, 2.05) is 36.3 Å². The summed E-state index contributed by atoms with van der Waals surface area (Å²) in [5.41, 5.74) is 4.04. The van der Waals surface area contributed by atoms with Crippen LogP contribution in [0.5, 0.6) is 0 Å². The molecule has 2 N–H and O–H groups in total. The summed E-state index contributed by atoms with van der Waals surface area (Å²) >= 11 is 1.44. The number of fused-ring (bicyclic) bond motifs is 1. The second kappa shape index (κ2) is 8.61. The third kappa shape index (κ3) is 4.49. The van der Waals surface area contributed by atoms with Gasteiger partial charge in [0.2, 0.25) is 5.91 Å². The summed E-state index contributed by atoms with van der Waals surface area (Å²) in [4.78, 5) is 32.4. The van der Waals surface area contributed by atoms with Crippen LogP contribution in [-0.2, 0) is 20.7 Å². The number of thiazole rings is 1. The Bertz CT molecular complexity index is 905. The van der Waals surface area contributed by atoms with Crippen LogP contribution in [0.15, 0.2) is 23.6 Å². The number of benzene rings is 1. The number of hydrogen-bond acceptors (Lipinski definition) is 5. The van der Waals surface area contributed by atoms with Crippen molar-refractivity contribution in [1.82, 2.24) is 4.98 Å². The second-order valence-corrected chi connectivity index (χ2v) is 8.72. The summed E-state index contributed by atoms with van der Waals surface area (Å²) in [7, 11) is 0. The van der Waals surface area contributed by atoms with E-state index in [1.165, 1.54) is 21.8 Å². The van der Waals surface area contributed by atoms with Gasteiger partial charge in [-0.1, -0.05) is 19.9 Å². The molecule has 3 heterocycles. The number of morpholine rings is 1. The number of aromatic nitrogens is 1. The van der Waals surface area contributed by atoms with Gasteiger partial charge in [-0.2, -0.15) is 0 Å². The van der Waals surface area contributed by atoms with Crippen LogP contribution in [0, 0.1) is 5.92 Å². The van der Waals surface area contributed by atoms with Gasteiger partial charge in [0.25, 0.3) is 5.91 Å². The van der Waals surface area contributed by atoms with E-state index in [1.54, 1.807) is 0 Å². The summed E-state index contributed by atoms with van der Waals surface area (Å²) in [6, 6.07) is 6.13. The predicted octanol–water partition coefficient (Wildman–Crippen LogP) is 1.21. The molecule has 0 unspecified atom stereocenters. The van der Waals surface area contributed by atoms with E-state index in [-0.39, 0.29) is 17.7 Å². The number of nitrogens with zero attached hydrogens (tertiary/aromatic N) is 2. The van der Waals surface area contributed by atoms with Crippen molar-refractivity contribution in [2.75, 3.05) is 49.6 Å². The molecule has 0 spiro atoms. The Morgan fingerprint density at radius 3 is 2.86 bits per heavy atom. The monoisotopic (exact) mass is 415 g/mol. The van der Waals surface area contributed by atoms with Crippen molar-refractivity contribution < 1.29 is 19.2 Å². The molecule has 1 fully saturated rings. The molecular weight excluding hydrogens is 388 g/mol. The highest BCUT2D eigenvalue weighted by molar-refractivity contribution is 7.14. The Labute approximate surface area is 174 Å². The maximum Gasteiger partial charge on any atom is 0.281 e. The Hall–Kier alpha value is -2.29. The fraction of sp³-hybridized carbons (Fsp3) is 0.476. The van der Waals surface area contributed by atoms with Gasteiger partial charge in [0.1, 0.15) is 13.1 Å². The molecule has 4 rings (SSSR count). The van der Waals surface area contributed by atoms with Gasteiger partial charge in [0.05, 0.1) is 18.9 Å². The fourth-order valence-corrected chi connectivity index (χ4v) is 4.53. The molecule has 1 aromatic heterocycles. The molecule has 2 aliphatic rings. The van der Waals surface area contributed by atoms with E-state index in [9.17, 15) is 9.59 Å². The average molecular weight is 416 g/mol. The van der Waals surface area contributed by atoms with Gasteiger partial charge in [-0.05, 0) is 24.1 Å². The molecular formula is C21H27N4O3S+. The number of rotatable bonds is 5. The molecule has 1 saturated heterocycles. The Balaban J connectivity index is 1.42. The molecule has 1 aromatic carbocycles. The number of anilines is 2. The van der Waals surface area contributed by atoms with Crippen LogP contribution >= 0.6 is 11.3 Å². The maximum atomic E-state index is 12.4. The molecule has 154 valence electrons. The number of nitrogens with one attached hydrogen (secondary N) is 2. The summed E-state index contributed by atoms with van der Waals surface area (Å²) in [5, 5.41) is 5.50. The van der Waals surface area contributed by atoms with E-state index in [0.29, 0.717) is 24.9 Å². The van der Waals surface area contributed by atoms with Gasteiger partial charge in [0, 0.05) is 29.1 Å². The summed E-state index contributed by atoms with van der Waals surface area (Å²) in [6.07, 6.45) is 0.859. The van der Waals surface area contributed by atoms with Crippen molar-refractivity contribution >= 4 is 34.0 Å². The summed E-state index contributed by atoms with van der Waals surface area (Å²) < 4.78 is 5.33. The average Bonchev–Trinajstić information content (AvgIpc) is 3.34. The van der Waals surface area contributed by atoms with Crippen LogP contribution in [-0.4, -0.2) is 56.2 Å². The van der Waals surface area contributed by atoms with Crippen molar-refractivity contribution in [1.29, 1.82) is 0 Å². The molecule has 2 aliphatic heterocycles. The van der Waals surface area contributed by atoms with Gasteiger partial charge >= 0.3 is 0 Å². The number of carbonyl (C=O) groups excluding carboxylic acids is 2. The standard InChI is InChI=1S/C21H26N4O3S/c1-14(2)20(27)25-6-5-16-11-15(3-4-18(16)25)17-13-29-21(22-17)23-19(26)12-24-7-9-28-10-8-24/h3-4,11,13-14H,5-10,12H2,1-2H3,(H,22,23,26)/p+1. The van der Waals surface area contributed by atoms with Crippen LogP contribution in [0.1, 0.15) is 19.4 Å². The summed E-state index contributed by atoms with van der Waals surface area (Å²) in [5.74, 6) is 0.141. The maximum absolute atomic E-state index is 12.4. The fourth-order valence-electron chi connectivity index (χ4n) is 3.79. The van der Waals surface area contributed by atoms with Crippen molar-refractivity contribution in [2.24, 2.45) is 5.92 Å². The number of quaternary nitrogens is 1. The molecule has 0 saturated carbocycles. The zero-order valence-corrected chi connectivity index (χ0v) is 17.7. The molecule has 2 amide bonds. The zero-order chi connectivity index (χ0) is 20.4. The molecule has 0 aliphatic carbocycles. The quantitative estimate of drug-likeness (QED) is 0.770. The minimum Gasteiger partial charge on any atom is -0.370 e. The SMILES string of the molecule is CC(C)C(=O)N1CCc2cc(-c3csc(NC(=O)C[NH+]4CCOCC4)n3)ccc21. The molecule has 7 nitrogen and oxygen atoms in total. The number of ether oxygens (including phenoxy) is 1. The first-order valence-corrected chi connectivity index (χ1v) is 11.0. The Morgan fingerprint density at radius 2 is 2.10 bits per heavy atom.